The highest BCUT2D eigenvalue weighted by molar-refractivity contribution is 7.89. The smallest absolute Gasteiger partial charge is 0.240 e. The number of ketones is 1. The average Bonchev–Trinajstić information content (AvgIpc) is 3.22. The van der Waals surface area contributed by atoms with Crippen LogP contribution in [0.4, 0.5) is 0 Å². The van der Waals surface area contributed by atoms with E-state index in [2.05, 4.69) is 4.72 Å². The second-order valence-corrected chi connectivity index (χ2v) is 6.70. The summed E-state index contributed by atoms with van der Waals surface area (Å²) in [5.74, 6) is 0.644. The van der Waals surface area contributed by atoms with Gasteiger partial charge >= 0.3 is 0 Å². The quantitative estimate of drug-likeness (QED) is 0.780. The fourth-order valence-corrected chi connectivity index (χ4v) is 3.02. The summed E-state index contributed by atoms with van der Waals surface area (Å²) in [5, 5.41) is 0. The Hall–Kier alpha value is -1.20. The van der Waals surface area contributed by atoms with Gasteiger partial charge in [-0.2, -0.15) is 0 Å². The first-order valence-electron chi connectivity index (χ1n) is 6.66. The van der Waals surface area contributed by atoms with Gasteiger partial charge in [-0.1, -0.05) is 31.9 Å². The summed E-state index contributed by atoms with van der Waals surface area (Å²) in [6, 6.07) is 6.23. The standard InChI is InChI=1S/C14H19NO3S/c1-2-14(16)12-4-3-5-13(10-12)19(17,18)15-9-8-11-6-7-11/h3-5,10-11,15H,2,6-9H2,1H3. The van der Waals surface area contributed by atoms with E-state index < -0.39 is 10.0 Å². The molecule has 1 N–H and O–H groups in total. The van der Waals surface area contributed by atoms with Crippen molar-refractivity contribution >= 4 is 15.8 Å². The zero-order valence-electron chi connectivity index (χ0n) is 11.1. The minimum Gasteiger partial charge on any atom is -0.294 e. The number of nitrogens with one attached hydrogen (secondary N) is 1. The number of hydrogen-bond donors (Lipinski definition) is 1. The molecule has 0 saturated heterocycles. The SMILES string of the molecule is CCC(=O)c1cccc(S(=O)(=O)NCCC2CC2)c1. The van der Waals surface area contributed by atoms with Gasteiger partial charge < -0.3 is 0 Å². The molecule has 1 aromatic rings. The van der Waals surface area contributed by atoms with Crippen molar-refractivity contribution in [2.45, 2.75) is 37.5 Å². The van der Waals surface area contributed by atoms with Crippen LogP contribution < -0.4 is 4.72 Å². The molecule has 0 heterocycles. The third kappa shape index (κ3) is 3.88. The number of rotatable bonds is 7. The Labute approximate surface area is 114 Å². The average molecular weight is 281 g/mol. The number of carbonyl (C=O) groups is 1. The predicted octanol–water partition coefficient (Wildman–Crippen LogP) is 2.36. The van der Waals surface area contributed by atoms with Crippen molar-refractivity contribution < 1.29 is 13.2 Å². The van der Waals surface area contributed by atoms with E-state index in [9.17, 15) is 13.2 Å². The van der Waals surface area contributed by atoms with Gasteiger partial charge in [0.15, 0.2) is 5.78 Å². The summed E-state index contributed by atoms with van der Waals surface area (Å²) in [4.78, 5) is 11.8. The topological polar surface area (TPSA) is 63.2 Å². The lowest BCUT2D eigenvalue weighted by Crippen LogP contribution is -2.25. The maximum atomic E-state index is 12.1. The van der Waals surface area contributed by atoms with Crippen molar-refractivity contribution in [3.05, 3.63) is 29.8 Å². The minimum atomic E-state index is -3.49. The fraction of sp³-hybridized carbons (Fsp3) is 0.500. The van der Waals surface area contributed by atoms with E-state index in [-0.39, 0.29) is 10.7 Å². The van der Waals surface area contributed by atoms with E-state index in [1.165, 1.54) is 25.0 Å². The molecule has 5 heteroatoms. The van der Waals surface area contributed by atoms with Crippen LogP contribution in [-0.4, -0.2) is 20.7 Å². The van der Waals surface area contributed by atoms with Gasteiger partial charge in [0.1, 0.15) is 0 Å². The molecule has 0 unspecified atom stereocenters. The predicted molar refractivity (Wildman–Crippen MR) is 73.6 cm³/mol. The second kappa shape index (κ2) is 5.84. The van der Waals surface area contributed by atoms with Crippen LogP contribution in [-0.2, 0) is 10.0 Å². The van der Waals surface area contributed by atoms with Crippen LogP contribution in [0, 0.1) is 5.92 Å². The monoisotopic (exact) mass is 281 g/mol. The minimum absolute atomic E-state index is 0.0463. The van der Waals surface area contributed by atoms with E-state index in [4.69, 9.17) is 0 Å². The van der Waals surface area contributed by atoms with Gasteiger partial charge in [-0.05, 0) is 24.5 Å². The largest absolute Gasteiger partial charge is 0.294 e. The molecule has 2 rings (SSSR count). The molecule has 1 saturated carbocycles. The second-order valence-electron chi connectivity index (χ2n) is 4.93. The molecule has 1 fully saturated rings. The lowest BCUT2D eigenvalue weighted by molar-refractivity contribution is 0.0988. The molecule has 0 aliphatic heterocycles. The normalized spacial score (nSPS) is 15.4. The van der Waals surface area contributed by atoms with Gasteiger partial charge in [0.2, 0.25) is 10.0 Å². The van der Waals surface area contributed by atoms with Gasteiger partial charge in [0.25, 0.3) is 0 Å². The Kier molecular flexibility index (Phi) is 4.37. The highest BCUT2D eigenvalue weighted by atomic mass is 32.2. The molecule has 0 amide bonds. The molecule has 1 aliphatic rings. The molecule has 0 aromatic heterocycles. The molecule has 0 atom stereocenters. The van der Waals surface area contributed by atoms with Crippen molar-refractivity contribution in [3.63, 3.8) is 0 Å². The Morgan fingerprint density at radius 3 is 2.74 bits per heavy atom. The van der Waals surface area contributed by atoms with Gasteiger partial charge in [0, 0.05) is 18.5 Å². The van der Waals surface area contributed by atoms with Crippen molar-refractivity contribution in [2.24, 2.45) is 5.92 Å². The number of hydrogen-bond acceptors (Lipinski definition) is 3. The summed E-state index contributed by atoms with van der Waals surface area (Å²) in [6.45, 7) is 2.23. The van der Waals surface area contributed by atoms with Crippen molar-refractivity contribution in [1.29, 1.82) is 0 Å². The van der Waals surface area contributed by atoms with Gasteiger partial charge in [-0.15, -0.1) is 0 Å². The first-order valence-corrected chi connectivity index (χ1v) is 8.14. The van der Waals surface area contributed by atoms with Crippen LogP contribution in [0.25, 0.3) is 0 Å². The van der Waals surface area contributed by atoms with Crippen LogP contribution in [0.2, 0.25) is 0 Å². The molecular weight excluding hydrogens is 262 g/mol. The molecule has 19 heavy (non-hydrogen) atoms. The molecule has 1 aliphatic carbocycles. The summed E-state index contributed by atoms with van der Waals surface area (Å²) >= 11 is 0. The highest BCUT2D eigenvalue weighted by Gasteiger charge is 2.22. The molecule has 1 aromatic carbocycles. The summed E-state index contributed by atoms with van der Waals surface area (Å²) < 4.78 is 26.7. The van der Waals surface area contributed by atoms with E-state index in [0.717, 1.165) is 6.42 Å². The van der Waals surface area contributed by atoms with Crippen LogP contribution in [0.15, 0.2) is 29.2 Å². The maximum absolute atomic E-state index is 12.1. The number of carbonyl (C=O) groups excluding carboxylic acids is 1. The van der Waals surface area contributed by atoms with Gasteiger partial charge in [0.05, 0.1) is 4.90 Å². The van der Waals surface area contributed by atoms with Gasteiger partial charge in [-0.25, -0.2) is 13.1 Å². The lowest BCUT2D eigenvalue weighted by Gasteiger charge is -2.07. The number of Topliss-reactive ketones (excluding diaryl/α,β-unsaturated/α-hetero) is 1. The zero-order chi connectivity index (χ0) is 13.9. The fourth-order valence-electron chi connectivity index (χ4n) is 1.93. The first-order chi connectivity index (χ1) is 9.03. The summed E-state index contributed by atoms with van der Waals surface area (Å²) in [7, 11) is -3.49. The summed E-state index contributed by atoms with van der Waals surface area (Å²) in [6.07, 6.45) is 3.69. The molecule has 0 radical (unpaired) electrons. The van der Waals surface area contributed by atoms with E-state index in [1.807, 2.05) is 0 Å². The Morgan fingerprint density at radius 2 is 2.11 bits per heavy atom. The Morgan fingerprint density at radius 1 is 1.37 bits per heavy atom. The molecular formula is C14H19NO3S. The van der Waals surface area contributed by atoms with Crippen LogP contribution >= 0.6 is 0 Å². The third-order valence-corrected chi connectivity index (χ3v) is 4.79. The first kappa shape index (κ1) is 14.2. The van der Waals surface area contributed by atoms with Crippen LogP contribution in [0.3, 0.4) is 0 Å². The zero-order valence-corrected chi connectivity index (χ0v) is 11.9. The van der Waals surface area contributed by atoms with Crippen molar-refractivity contribution in [1.82, 2.24) is 4.72 Å². The maximum Gasteiger partial charge on any atom is 0.240 e. The lowest BCUT2D eigenvalue weighted by atomic mass is 10.1. The summed E-state index contributed by atoms with van der Waals surface area (Å²) in [5.41, 5.74) is 0.451. The van der Waals surface area contributed by atoms with Gasteiger partial charge in [-0.3, -0.25) is 4.79 Å². The highest BCUT2D eigenvalue weighted by Crippen LogP contribution is 2.31. The molecule has 4 nitrogen and oxygen atoms in total. The van der Waals surface area contributed by atoms with Crippen LogP contribution in [0.1, 0.15) is 43.0 Å². The Balaban J connectivity index is 2.07. The Bertz CT molecular complexity index is 562. The van der Waals surface area contributed by atoms with E-state index in [0.29, 0.717) is 24.4 Å². The number of benzene rings is 1. The van der Waals surface area contributed by atoms with Crippen molar-refractivity contribution in [2.75, 3.05) is 6.54 Å². The van der Waals surface area contributed by atoms with Crippen LogP contribution in [0.5, 0.6) is 0 Å². The van der Waals surface area contributed by atoms with Crippen molar-refractivity contribution in [3.8, 4) is 0 Å². The van der Waals surface area contributed by atoms with E-state index in [1.54, 1.807) is 19.1 Å². The third-order valence-electron chi connectivity index (χ3n) is 3.33. The molecule has 104 valence electrons. The number of sulfonamides is 1. The van der Waals surface area contributed by atoms with E-state index >= 15 is 0 Å². The molecule has 0 spiro atoms. The molecule has 0 bridgehead atoms.